The second-order valence-electron chi connectivity index (χ2n) is 6.54. The molecule has 1 heterocycles. The van der Waals surface area contributed by atoms with E-state index in [0.717, 1.165) is 53.6 Å². The van der Waals surface area contributed by atoms with Crippen molar-refractivity contribution in [3.63, 3.8) is 0 Å². The first-order chi connectivity index (χ1) is 12.6. The molecular formula is C20H18N2O4. The lowest BCUT2D eigenvalue weighted by Crippen LogP contribution is -2.00. The van der Waals surface area contributed by atoms with Crippen LogP contribution in [0.25, 0.3) is 11.0 Å². The fourth-order valence-corrected chi connectivity index (χ4v) is 3.54. The van der Waals surface area contributed by atoms with Crippen molar-refractivity contribution in [2.24, 2.45) is 4.99 Å². The van der Waals surface area contributed by atoms with Gasteiger partial charge in [-0.1, -0.05) is 18.2 Å². The molecule has 1 aliphatic carbocycles. The number of nitrogens with zero attached hydrogens (tertiary/aromatic N) is 2. The lowest BCUT2D eigenvalue weighted by atomic mass is 9.93. The number of benzene rings is 2. The van der Waals surface area contributed by atoms with Crippen molar-refractivity contribution >= 4 is 28.6 Å². The van der Waals surface area contributed by atoms with Crippen LogP contribution in [0.4, 0.5) is 11.4 Å². The highest BCUT2D eigenvalue weighted by Gasteiger charge is 2.27. The van der Waals surface area contributed by atoms with Gasteiger partial charge in [0.15, 0.2) is 0 Å². The number of nitro benzene ring substituents is 1. The topological polar surface area (TPSA) is 88.9 Å². The molecule has 0 spiro atoms. The molecule has 26 heavy (non-hydrogen) atoms. The molecule has 2 aromatic carbocycles. The summed E-state index contributed by atoms with van der Waals surface area (Å²) in [6.07, 6.45) is 5.23. The van der Waals surface area contributed by atoms with E-state index in [1.54, 1.807) is 0 Å². The van der Waals surface area contributed by atoms with Crippen LogP contribution in [0.15, 0.2) is 39.7 Å². The Balaban J connectivity index is 1.96. The van der Waals surface area contributed by atoms with Gasteiger partial charge in [-0.3, -0.25) is 15.1 Å². The Morgan fingerprint density at radius 2 is 2.04 bits per heavy atom. The SMILES string of the molecule is Cc1ccccc1N=Cc1c(O)c([N+](=O)[O-])cc2oc3c(c12)CCCC3. The Labute approximate surface area is 149 Å². The van der Waals surface area contributed by atoms with Gasteiger partial charge in [-0.2, -0.15) is 0 Å². The van der Waals surface area contributed by atoms with E-state index in [9.17, 15) is 15.2 Å². The zero-order valence-electron chi connectivity index (χ0n) is 14.4. The zero-order chi connectivity index (χ0) is 18.3. The molecule has 0 fully saturated rings. The molecule has 0 aliphatic heterocycles. The van der Waals surface area contributed by atoms with Gasteiger partial charge in [-0.15, -0.1) is 0 Å². The number of rotatable bonds is 3. The Kier molecular flexibility index (Phi) is 3.95. The predicted molar refractivity (Wildman–Crippen MR) is 99.6 cm³/mol. The molecule has 132 valence electrons. The maximum absolute atomic E-state index is 11.3. The van der Waals surface area contributed by atoms with Crippen LogP contribution >= 0.6 is 0 Å². The number of hydrogen-bond acceptors (Lipinski definition) is 5. The average Bonchev–Trinajstić information content (AvgIpc) is 3.00. The van der Waals surface area contributed by atoms with Crippen molar-refractivity contribution in [1.29, 1.82) is 0 Å². The normalized spacial score (nSPS) is 14.0. The first-order valence-corrected chi connectivity index (χ1v) is 8.60. The minimum absolute atomic E-state index is 0.351. The van der Waals surface area contributed by atoms with Gasteiger partial charge in [-0.05, 0) is 37.8 Å². The molecule has 0 atom stereocenters. The first-order valence-electron chi connectivity index (χ1n) is 8.60. The van der Waals surface area contributed by atoms with E-state index >= 15 is 0 Å². The smallest absolute Gasteiger partial charge is 0.315 e. The third kappa shape index (κ3) is 2.63. The number of phenols is 1. The molecule has 4 rings (SSSR count). The Hall–Kier alpha value is -3.15. The molecule has 6 nitrogen and oxygen atoms in total. The fraction of sp³-hybridized carbons (Fsp3) is 0.250. The van der Waals surface area contributed by atoms with E-state index in [2.05, 4.69) is 4.99 Å². The molecule has 0 saturated carbocycles. The van der Waals surface area contributed by atoms with Crippen LogP contribution in [0.1, 0.15) is 35.3 Å². The lowest BCUT2D eigenvalue weighted by molar-refractivity contribution is -0.385. The molecule has 1 aliphatic rings. The van der Waals surface area contributed by atoms with Gasteiger partial charge in [0.2, 0.25) is 5.75 Å². The summed E-state index contributed by atoms with van der Waals surface area (Å²) >= 11 is 0. The van der Waals surface area contributed by atoms with E-state index in [4.69, 9.17) is 4.42 Å². The largest absolute Gasteiger partial charge is 0.502 e. The summed E-state index contributed by atoms with van der Waals surface area (Å²) < 4.78 is 5.88. The van der Waals surface area contributed by atoms with Crippen LogP contribution in [-0.4, -0.2) is 16.2 Å². The van der Waals surface area contributed by atoms with Crippen LogP contribution in [0, 0.1) is 17.0 Å². The predicted octanol–water partition coefficient (Wildman–Crippen LogP) is 4.98. The van der Waals surface area contributed by atoms with E-state index in [0.29, 0.717) is 11.1 Å². The molecule has 0 saturated heterocycles. The highest BCUT2D eigenvalue weighted by molar-refractivity contribution is 6.05. The Morgan fingerprint density at radius 1 is 1.27 bits per heavy atom. The van der Waals surface area contributed by atoms with Crippen LogP contribution in [0.3, 0.4) is 0 Å². The molecule has 0 unspecified atom stereocenters. The van der Waals surface area contributed by atoms with Crippen molar-refractivity contribution in [3.05, 3.63) is 62.9 Å². The first kappa shape index (κ1) is 16.3. The van der Waals surface area contributed by atoms with Gasteiger partial charge in [-0.25, -0.2) is 0 Å². The summed E-state index contributed by atoms with van der Waals surface area (Å²) in [6.45, 7) is 1.94. The number of hydrogen-bond donors (Lipinski definition) is 1. The van der Waals surface area contributed by atoms with Crippen LogP contribution in [-0.2, 0) is 12.8 Å². The van der Waals surface area contributed by atoms with E-state index in [1.807, 2.05) is 31.2 Å². The van der Waals surface area contributed by atoms with E-state index < -0.39 is 4.92 Å². The summed E-state index contributed by atoms with van der Waals surface area (Å²) in [5, 5.41) is 22.6. The summed E-state index contributed by atoms with van der Waals surface area (Å²) in [6, 6.07) is 8.91. The van der Waals surface area contributed by atoms with Gasteiger partial charge in [0, 0.05) is 23.6 Å². The van der Waals surface area contributed by atoms with Crippen molar-refractivity contribution in [3.8, 4) is 5.75 Å². The van der Waals surface area contributed by atoms with Gasteiger partial charge < -0.3 is 9.52 Å². The maximum atomic E-state index is 11.3. The number of aryl methyl sites for hydroxylation is 3. The highest BCUT2D eigenvalue weighted by atomic mass is 16.6. The number of aliphatic imine (C=N–C) groups is 1. The Bertz CT molecular complexity index is 1050. The lowest BCUT2D eigenvalue weighted by Gasteiger charge is -2.10. The van der Waals surface area contributed by atoms with Gasteiger partial charge >= 0.3 is 5.69 Å². The summed E-state index contributed by atoms with van der Waals surface area (Å²) in [5.41, 5.74) is 3.19. The molecule has 6 heteroatoms. The van der Waals surface area contributed by atoms with Crippen molar-refractivity contribution in [2.75, 3.05) is 0 Å². The monoisotopic (exact) mass is 350 g/mol. The number of aromatic hydroxyl groups is 1. The van der Waals surface area contributed by atoms with Crippen molar-refractivity contribution in [2.45, 2.75) is 32.6 Å². The second-order valence-corrected chi connectivity index (χ2v) is 6.54. The summed E-state index contributed by atoms with van der Waals surface area (Å²) in [7, 11) is 0. The maximum Gasteiger partial charge on any atom is 0.315 e. The highest BCUT2D eigenvalue weighted by Crippen LogP contribution is 2.41. The van der Waals surface area contributed by atoms with Gasteiger partial charge in [0.25, 0.3) is 0 Å². The number of furan rings is 1. The number of fused-ring (bicyclic) bond motifs is 3. The molecule has 0 bridgehead atoms. The van der Waals surface area contributed by atoms with Gasteiger partial charge in [0.1, 0.15) is 11.3 Å². The van der Waals surface area contributed by atoms with Crippen LogP contribution < -0.4 is 0 Å². The minimum Gasteiger partial charge on any atom is -0.502 e. The summed E-state index contributed by atoms with van der Waals surface area (Å²) in [4.78, 5) is 15.2. The average molecular weight is 350 g/mol. The number of nitro groups is 1. The Morgan fingerprint density at radius 3 is 2.81 bits per heavy atom. The second kappa shape index (κ2) is 6.29. The quantitative estimate of drug-likeness (QED) is 0.410. The number of para-hydroxylation sites is 1. The standard InChI is InChI=1S/C20H18N2O4/c1-12-6-2-4-8-15(12)21-11-14-19-13-7-3-5-9-17(13)26-18(19)10-16(20(14)23)22(24)25/h2,4,6,8,10-11,23H,3,5,7,9H2,1H3. The number of phenolic OH excluding ortho intramolecular Hbond substituents is 1. The fourth-order valence-electron chi connectivity index (χ4n) is 3.54. The minimum atomic E-state index is -0.596. The molecule has 3 aromatic rings. The van der Waals surface area contributed by atoms with Crippen molar-refractivity contribution in [1.82, 2.24) is 0 Å². The molecule has 0 radical (unpaired) electrons. The third-order valence-electron chi connectivity index (χ3n) is 4.88. The van der Waals surface area contributed by atoms with Crippen LogP contribution in [0.2, 0.25) is 0 Å². The zero-order valence-corrected chi connectivity index (χ0v) is 14.4. The van der Waals surface area contributed by atoms with Crippen LogP contribution in [0.5, 0.6) is 5.75 Å². The third-order valence-corrected chi connectivity index (χ3v) is 4.88. The van der Waals surface area contributed by atoms with Gasteiger partial charge in [0.05, 0.1) is 22.2 Å². The molecule has 0 amide bonds. The summed E-state index contributed by atoms with van der Waals surface area (Å²) in [5.74, 6) is 0.491. The molecule has 1 aromatic heterocycles. The van der Waals surface area contributed by atoms with Crippen molar-refractivity contribution < 1.29 is 14.4 Å². The molecular weight excluding hydrogens is 332 g/mol. The van der Waals surface area contributed by atoms with E-state index in [-0.39, 0.29) is 11.4 Å². The molecule has 1 N–H and O–H groups in total. The van der Waals surface area contributed by atoms with E-state index in [1.165, 1.54) is 12.3 Å².